The summed E-state index contributed by atoms with van der Waals surface area (Å²) >= 11 is 0. The van der Waals surface area contributed by atoms with Crippen LogP contribution in [0.5, 0.6) is 11.5 Å². The van der Waals surface area contributed by atoms with Gasteiger partial charge in [-0.15, -0.1) is 0 Å². The molecule has 2 aromatic rings. The lowest BCUT2D eigenvalue weighted by atomic mass is 10.1. The molecule has 108 valence electrons. The standard InChI is InChI=1S/C17H17NO3/c1-12(20)16-7-4-14(11-18)10-17(16)21-15-5-2-13(3-6-15)8-9-19/h2-7,10,12,19-20H,8-9H2,1H3/t12-/m1/s1. The number of hydrogen-bond donors (Lipinski definition) is 2. The Kier molecular flexibility index (Phi) is 4.94. The van der Waals surface area contributed by atoms with Gasteiger partial charge in [0.15, 0.2) is 0 Å². The van der Waals surface area contributed by atoms with E-state index in [-0.39, 0.29) is 6.61 Å². The average molecular weight is 283 g/mol. The lowest BCUT2D eigenvalue weighted by Gasteiger charge is -2.13. The number of aliphatic hydroxyl groups is 2. The Morgan fingerprint density at radius 2 is 1.90 bits per heavy atom. The zero-order valence-corrected chi connectivity index (χ0v) is 11.8. The van der Waals surface area contributed by atoms with E-state index in [9.17, 15) is 5.11 Å². The first-order valence-electron chi connectivity index (χ1n) is 6.74. The molecule has 0 aromatic heterocycles. The Bertz CT molecular complexity index is 642. The largest absolute Gasteiger partial charge is 0.457 e. The van der Waals surface area contributed by atoms with Crippen molar-refractivity contribution in [2.75, 3.05) is 6.61 Å². The van der Waals surface area contributed by atoms with Gasteiger partial charge in [-0.2, -0.15) is 5.26 Å². The second kappa shape index (κ2) is 6.89. The molecule has 0 aliphatic heterocycles. The van der Waals surface area contributed by atoms with Gasteiger partial charge in [0, 0.05) is 12.2 Å². The second-order valence-corrected chi connectivity index (χ2v) is 4.76. The van der Waals surface area contributed by atoms with E-state index in [0.29, 0.717) is 29.0 Å². The fraction of sp³-hybridized carbons (Fsp3) is 0.235. The van der Waals surface area contributed by atoms with E-state index in [1.807, 2.05) is 12.1 Å². The Morgan fingerprint density at radius 1 is 1.19 bits per heavy atom. The number of nitrogens with zero attached hydrogens (tertiary/aromatic N) is 1. The molecule has 0 bridgehead atoms. The van der Waals surface area contributed by atoms with Crippen LogP contribution in [0.15, 0.2) is 42.5 Å². The predicted octanol–water partition coefficient (Wildman–Crippen LogP) is 2.94. The lowest BCUT2D eigenvalue weighted by molar-refractivity contribution is 0.195. The second-order valence-electron chi connectivity index (χ2n) is 4.76. The maximum Gasteiger partial charge on any atom is 0.134 e. The fourth-order valence-corrected chi connectivity index (χ4v) is 2.02. The van der Waals surface area contributed by atoms with Gasteiger partial charge in [0.25, 0.3) is 0 Å². The molecule has 2 aromatic carbocycles. The average Bonchev–Trinajstić information content (AvgIpc) is 2.49. The molecule has 0 spiro atoms. The molecule has 0 aliphatic rings. The van der Waals surface area contributed by atoms with Gasteiger partial charge in [-0.05, 0) is 43.2 Å². The quantitative estimate of drug-likeness (QED) is 0.884. The highest BCUT2D eigenvalue weighted by atomic mass is 16.5. The highest BCUT2D eigenvalue weighted by Gasteiger charge is 2.11. The number of ether oxygens (including phenoxy) is 1. The zero-order chi connectivity index (χ0) is 15.2. The topological polar surface area (TPSA) is 73.5 Å². The van der Waals surface area contributed by atoms with Crippen molar-refractivity contribution in [2.24, 2.45) is 0 Å². The highest BCUT2D eigenvalue weighted by Crippen LogP contribution is 2.30. The molecular weight excluding hydrogens is 266 g/mol. The zero-order valence-electron chi connectivity index (χ0n) is 11.8. The summed E-state index contributed by atoms with van der Waals surface area (Å²) in [5.74, 6) is 1.09. The van der Waals surface area contributed by atoms with Crippen molar-refractivity contribution in [1.29, 1.82) is 5.26 Å². The van der Waals surface area contributed by atoms with Crippen LogP contribution in [0, 0.1) is 11.3 Å². The molecule has 4 heteroatoms. The third-order valence-corrected chi connectivity index (χ3v) is 3.14. The van der Waals surface area contributed by atoms with Gasteiger partial charge in [0.05, 0.1) is 17.7 Å². The van der Waals surface area contributed by atoms with E-state index < -0.39 is 6.10 Å². The lowest BCUT2D eigenvalue weighted by Crippen LogP contribution is -1.97. The molecule has 2 N–H and O–H groups in total. The molecule has 0 amide bonds. The van der Waals surface area contributed by atoms with Gasteiger partial charge < -0.3 is 14.9 Å². The number of rotatable bonds is 5. The van der Waals surface area contributed by atoms with Crippen molar-refractivity contribution in [2.45, 2.75) is 19.4 Å². The molecule has 2 rings (SSSR count). The molecule has 4 nitrogen and oxygen atoms in total. The Balaban J connectivity index is 2.27. The van der Waals surface area contributed by atoms with Crippen LogP contribution in [-0.2, 0) is 6.42 Å². The van der Waals surface area contributed by atoms with Crippen LogP contribution in [0.3, 0.4) is 0 Å². The van der Waals surface area contributed by atoms with Crippen molar-refractivity contribution in [3.63, 3.8) is 0 Å². The van der Waals surface area contributed by atoms with Crippen LogP contribution in [0.2, 0.25) is 0 Å². The van der Waals surface area contributed by atoms with E-state index >= 15 is 0 Å². The number of aliphatic hydroxyl groups excluding tert-OH is 2. The normalized spacial score (nSPS) is 11.7. The van der Waals surface area contributed by atoms with Gasteiger partial charge in [-0.25, -0.2) is 0 Å². The minimum atomic E-state index is -0.679. The van der Waals surface area contributed by atoms with E-state index in [1.165, 1.54) is 0 Å². The maximum absolute atomic E-state index is 9.77. The molecule has 1 atom stereocenters. The summed E-state index contributed by atoms with van der Waals surface area (Å²) in [4.78, 5) is 0. The minimum absolute atomic E-state index is 0.108. The summed E-state index contributed by atoms with van der Waals surface area (Å²) in [5.41, 5.74) is 2.13. The van der Waals surface area contributed by atoms with Crippen molar-refractivity contribution < 1.29 is 14.9 Å². The summed E-state index contributed by atoms with van der Waals surface area (Å²) in [5, 5.41) is 27.6. The van der Waals surface area contributed by atoms with Crippen molar-refractivity contribution >= 4 is 0 Å². The fourth-order valence-electron chi connectivity index (χ4n) is 2.02. The van der Waals surface area contributed by atoms with Crippen molar-refractivity contribution in [3.05, 3.63) is 59.2 Å². The SMILES string of the molecule is C[C@@H](O)c1ccc(C#N)cc1Oc1ccc(CCO)cc1. The van der Waals surface area contributed by atoms with E-state index in [0.717, 1.165) is 5.56 Å². The first kappa shape index (κ1) is 15.0. The van der Waals surface area contributed by atoms with Gasteiger partial charge in [-0.1, -0.05) is 18.2 Å². The molecular formula is C17H17NO3. The molecule has 0 aliphatic carbocycles. The summed E-state index contributed by atoms with van der Waals surface area (Å²) < 4.78 is 5.77. The molecule has 0 saturated carbocycles. The first-order chi connectivity index (χ1) is 10.1. The molecule has 0 fully saturated rings. The summed E-state index contributed by atoms with van der Waals surface area (Å²) in [6.07, 6.45) is -0.0789. The highest BCUT2D eigenvalue weighted by molar-refractivity contribution is 5.45. The Hall–Kier alpha value is -2.35. The minimum Gasteiger partial charge on any atom is -0.457 e. The Labute approximate surface area is 123 Å². The molecule has 21 heavy (non-hydrogen) atoms. The van der Waals surface area contributed by atoms with E-state index in [2.05, 4.69) is 6.07 Å². The molecule has 0 unspecified atom stereocenters. The van der Waals surface area contributed by atoms with Gasteiger partial charge in [0.1, 0.15) is 11.5 Å². The summed E-state index contributed by atoms with van der Waals surface area (Å²) in [6.45, 7) is 1.76. The smallest absolute Gasteiger partial charge is 0.134 e. The van der Waals surface area contributed by atoms with Crippen molar-refractivity contribution in [3.8, 4) is 17.6 Å². The maximum atomic E-state index is 9.77. The summed E-state index contributed by atoms with van der Waals surface area (Å²) in [6, 6.07) is 14.4. The van der Waals surface area contributed by atoms with E-state index in [4.69, 9.17) is 15.1 Å². The molecule has 0 saturated heterocycles. The Morgan fingerprint density at radius 3 is 2.48 bits per heavy atom. The third-order valence-electron chi connectivity index (χ3n) is 3.14. The first-order valence-corrected chi connectivity index (χ1v) is 6.74. The van der Waals surface area contributed by atoms with Crippen LogP contribution in [0.1, 0.15) is 29.7 Å². The van der Waals surface area contributed by atoms with Crippen molar-refractivity contribution in [1.82, 2.24) is 0 Å². The summed E-state index contributed by atoms with van der Waals surface area (Å²) in [7, 11) is 0. The number of nitriles is 1. The van der Waals surface area contributed by atoms with Crippen LogP contribution in [0.4, 0.5) is 0 Å². The van der Waals surface area contributed by atoms with Crippen LogP contribution in [0.25, 0.3) is 0 Å². The number of benzene rings is 2. The predicted molar refractivity (Wildman–Crippen MR) is 79.1 cm³/mol. The van der Waals surface area contributed by atoms with Gasteiger partial charge in [0.2, 0.25) is 0 Å². The molecule has 0 radical (unpaired) electrons. The van der Waals surface area contributed by atoms with Gasteiger partial charge in [-0.3, -0.25) is 0 Å². The van der Waals surface area contributed by atoms with Crippen LogP contribution >= 0.6 is 0 Å². The third kappa shape index (κ3) is 3.82. The van der Waals surface area contributed by atoms with Crippen LogP contribution in [-0.4, -0.2) is 16.8 Å². The van der Waals surface area contributed by atoms with E-state index in [1.54, 1.807) is 37.3 Å². The number of hydrogen-bond acceptors (Lipinski definition) is 4. The van der Waals surface area contributed by atoms with Crippen LogP contribution < -0.4 is 4.74 Å². The van der Waals surface area contributed by atoms with Gasteiger partial charge >= 0.3 is 0 Å². The molecule has 0 heterocycles. The monoisotopic (exact) mass is 283 g/mol.